The number of rotatable bonds is 6. The van der Waals surface area contributed by atoms with Crippen LogP contribution < -0.4 is 15.2 Å². The van der Waals surface area contributed by atoms with Crippen molar-refractivity contribution in [2.45, 2.75) is 13.5 Å². The van der Waals surface area contributed by atoms with Crippen LogP contribution in [0.5, 0.6) is 11.5 Å². The van der Waals surface area contributed by atoms with Gasteiger partial charge in [0.15, 0.2) is 0 Å². The standard InChI is InChI=1S/C19H19BrN4O2/c1-13-11-24(19(21)23-13)22-10-14-3-8-18(25-2)15(9-14)12-26-17-6-4-16(20)5-7-17/h3-11H,12H2,1-2H3,(H2,21,23). The molecule has 0 radical (unpaired) electrons. The molecule has 0 aliphatic rings. The molecule has 1 aromatic heterocycles. The smallest absolute Gasteiger partial charge is 0.221 e. The minimum atomic E-state index is 0.353. The van der Waals surface area contributed by atoms with Gasteiger partial charge in [-0.1, -0.05) is 15.9 Å². The molecule has 1 heterocycles. The number of methoxy groups -OCH3 is 1. The first-order valence-electron chi connectivity index (χ1n) is 7.96. The largest absolute Gasteiger partial charge is 0.496 e. The third-order valence-corrected chi connectivity index (χ3v) is 4.21. The summed E-state index contributed by atoms with van der Waals surface area (Å²) in [5, 5.41) is 4.34. The molecule has 0 atom stereocenters. The van der Waals surface area contributed by atoms with Gasteiger partial charge in [-0.2, -0.15) is 5.10 Å². The summed E-state index contributed by atoms with van der Waals surface area (Å²) in [6, 6.07) is 13.5. The molecule has 26 heavy (non-hydrogen) atoms. The van der Waals surface area contributed by atoms with Gasteiger partial charge >= 0.3 is 0 Å². The Bertz CT molecular complexity index is 920. The van der Waals surface area contributed by atoms with Crippen LogP contribution in [-0.2, 0) is 6.61 Å². The fourth-order valence-corrected chi connectivity index (χ4v) is 2.67. The minimum absolute atomic E-state index is 0.353. The van der Waals surface area contributed by atoms with Crippen LogP contribution >= 0.6 is 15.9 Å². The zero-order valence-corrected chi connectivity index (χ0v) is 16.1. The van der Waals surface area contributed by atoms with Gasteiger partial charge in [-0.05, 0) is 55.0 Å². The molecule has 3 rings (SSSR count). The van der Waals surface area contributed by atoms with Crippen LogP contribution in [0, 0.1) is 6.92 Å². The predicted molar refractivity (Wildman–Crippen MR) is 106 cm³/mol. The molecule has 0 saturated heterocycles. The minimum Gasteiger partial charge on any atom is -0.496 e. The first-order chi connectivity index (χ1) is 12.5. The molecule has 2 N–H and O–H groups in total. The zero-order chi connectivity index (χ0) is 18.5. The van der Waals surface area contributed by atoms with E-state index in [2.05, 4.69) is 26.0 Å². The molecule has 0 bridgehead atoms. The number of benzene rings is 2. The number of imidazole rings is 1. The second kappa shape index (κ2) is 8.05. The Morgan fingerprint density at radius 1 is 1.23 bits per heavy atom. The second-order valence-electron chi connectivity index (χ2n) is 5.64. The monoisotopic (exact) mass is 414 g/mol. The van der Waals surface area contributed by atoms with Gasteiger partial charge in [-0.25, -0.2) is 9.66 Å². The van der Waals surface area contributed by atoms with E-state index in [0.717, 1.165) is 32.8 Å². The fourth-order valence-electron chi connectivity index (χ4n) is 2.41. The lowest BCUT2D eigenvalue weighted by molar-refractivity contribution is 0.296. The van der Waals surface area contributed by atoms with E-state index in [1.165, 1.54) is 4.68 Å². The Hall–Kier alpha value is -2.80. The van der Waals surface area contributed by atoms with Gasteiger partial charge < -0.3 is 15.2 Å². The number of anilines is 1. The summed E-state index contributed by atoms with van der Waals surface area (Å²) in [6.07, 6.45) is 3.49. The highest BCUT2D eigenvalue weighted by molar-refractivity contribution is 9.10. The third kappa shape index (κ3) is 4.43. The van der Waals surface area contributed by atoms with E-state index in [-0.39, 0.29) is 0 Å². The highest BCUT2D eigenvalue weighted by atomic mass is 79.9. The normalized spacial score (nSPS) is 11.0. The fraction of sp³-hybridized carbons (Fsp3) is 0.158. The van der Waals surface area contributed by atoms with Crippen molar-refractivity contribution in [3.05, 3.63) is 70.0 Å². The Kier molecular flexibility index (Phi) is 5.58. The number of nitrogens with zero attached hydrogens (tertiary/aromatic N) is 3. The van der Waals surface area contributed by atoms with Gasteiger partial charge in [-0.3, -0.25) is 0 Å². The van der Waals surface area contributed by atoms with E-state index in [0.29, 0.717) is 12.6 Å². The molecule has 0 unspecified atom stereocenters. The molecule has 3 aromatic rings. The summed E-state index contributed by atoms with van der Waals surface area (Å²) in [7, 11) is 1.64. The van der Waals surface area contributed by atoms with E-state index >= 15 is 0 Å². The predicted octanol–water partition coefficient (Wildman–Crippen LogP) is 4.01. The third-order valence-electron chi connectivity index (χ3n) is 3.68. The van der Waals surface area contributed by atoms with Gasteiger partial charge in [0.2, 0.25) is 5.95 Å². The number of hydrogen-bond acceptors (Lipinski definition) is 5. The summed E-state index contributed by atoms with van der Waals surface area (Å²) in [5.41, 5.74) is 8.45. The Labute approximate surface area is 160 Å². The van der Waals surface area contributed by atoms with Crippen molar-refractivity contribution in [2.75, 3.05) is 12.8 Å². The molecule has 2 aromatic carbocycles. The summed E-state index contributed by atoms with van der Waals surface area (Å²) < 4.78 is 13.8. The van der Waals surface area contributed by atoms with Crippen LogP contribution in [0.25, 0.3) is 0 Å². The number of nitrogen functional groups attached to an aromatic ring is 1. The van der Waals surface area contributed by atoms with Crippen molar-refractivity contribution in [3.8, 4) is 11.5 Å². The lowest BCUT2D eigenvalue weighted by Gasteiger charge is -2.11. The zero-order valence-electron chi connectivity index (χ0n) is 14.5. The Balaban J connectivity index is 1.77. The van der Waals surface area contributed by atoms with Crippen molar-refractivity contribution >= 4 is 28.1 Å². The van der Waals surface area contributed by atoms with Gasteiger partial charge in [0.05, 0.1) is 25.2 Å². The number of nitrogens with two attached hydrogens (primary N) is 1. The van der Waals surface area contributed by atoms with E-state index < -0.39 is 0 Å². The van der Waals surface area contributed by atoms with Gasteiger partial charge in [0, 0.05) is 10.0 Å². The highest BCUT2D eigenvalue weighted by Gasteiger charge is 2.06. The molecule has 6 nitrogen and oxygen atoms in total. The highest BCUT2D eigenvalue weighted by Crippen LogP contribution is 2.23. The summed E-state index contributed by atoms with van der Waals surface area (Å²) in [5.74, 6) is 1.90. The van der Waals surface area contributed by atoms with E-state index in [9.17, 15) is 0 Å². The summed E-state index contributed by atoms with van der Waals surface area (Å²) in [4.78, 5) is 4.12. The Morgan fingerprint density at radius 2 is 2.00 bits per heavy atom. The summed E-state index contributed by atoms with van der Waals surface area (Å²) in [6.45, 7) is 2.26. The summed E-state index contributed by atoms with van der Waals surface area (Å²) >= 11 is 3.41. The number of halogens is 1. The molecular formula is C19H19BrN4O2. The maximum absolute atomic E-state index is 5.85. The molecular weight excluding hydrogens is 396 g/mol. The van der Waals surface area contributed by atoms with Crippen molar-refractivity contribution in [3.63, 3.8) is 0 Å². The quantitative estimate of drug-likeness (QED) is 0.618. The molecule has 0 aliphatic heterocycles. The number of aromatic nitrogens is 2. The van der Waals surface area contributed by atoms with Gasteiger partial charge in [-0.15, -0.1) is 0 Å². The van der Waals surface area contributed by atoms with Crippen molar-refractivity contribution < 1.29 is 9.47 Å². The lowest BCUT2D eigenvalue weighted by Crippen LogP contribution is -2.01. The average molecular weight is 415 g/mol. The maximum atomic E-state index is 5.85. The molecule has 0 aliphatic carbocycles. The lowest BCUT2D eigenvalue weighted by atomic mass is 10.1. The van der Waals surface area contributed by atoms with Crippen LogP contribution in [0.3, 0.4) is 0 Å². The van der Waals surface area contributed by atoms with Gasteiger partial charge in [0.1, 0.15) is 18.1 Å². The molecule has 0 fully saturated rings. The van der Waals surface area contributed by atoms with Crippen molar-refractivity contribution in [2.24, 2.45) is 5.10 Å². The molecule has 134 valence electrons. The van der Waals surface area contributed by atoms with Crippen LogP contribution in [-0.4, -0.2) is 23.0 Å². The second-order valence-corrected chi connectivity index (χ2v) is 6.56. The number of hydrogen-bond donors (Lipinski definition) is 1. The van der Waals surface area contributed by atoms with E-state index in [4.69, 9.17) is 15.2 Å². The molecule has 0 amide bonds. The number of aryl methyl sites for hydroxylation is 1. The van der Waals surface area contributed by atoms with Crippen LogP contribution in [0.4, 0.5) is 5.95 Å². The molecule has 0 spiro atoms. The SMILES string of the molecule is COc1ccc(C=Nn2cc(C)nc2N)cc1COc1ccc(Br)cc1. The molecule has 0 saturated carbocycles. The first-order valence-corrected chi connectivity index (χ1v) is 8.75. The van der Waals surface area contributed by atoms with Crippen LogP contribution in [0.2, 0.25) is 0 Å². The number of ether oxygens (including phenoxy) is 2. The van der Waals surface area contributed by atoms with Crippen molar-refractivity contribution in [1.29, 1.82) is 0 Å². The average Bonchev–Trinajstić information content (AvgIpc) is 2.97. The van der Waals surface area contributed by atoms with E-state index in [1.54, 1.807) is 19.5 Å². The van der Waals surface area contributed by atoms with Gasteiger partial charge in [0.25, 0.3) is 0 Å². The van der Waals surface area contributed by atoms with Crippen LogP contribution in [0.1, 0.15) is 16.8 Å². The van der Waals surface area contributed by atoms with E-state index in [1.807, 2.05) is 49.4 Å². The maximum Gasteiger partial charge on any atom is 0.221 e. The molecule has 7 heteroatoms. The van der Waals surface area contributed by atoms with Crippen molar-refractivity contribution in [1.82, 2.24) is 9.66 Å². The first kappa shape index (κ1) is 18.0. The Morgan fingerprint density at radius 3 is 2.65 bits per heavy atom. The topological polar surface area (TPSA) is 74.7 Å². The van der Waals surface area contributed by atoms with Crippen LogP contribution in [0.15, 0.2) is 58.2 Å².